The summed E-state index contributed by atoms with van der Waals surface area (Å²) in [5.74, 6) is 1.62. The number of nitrogens with zero attached hydrogens (tertiary/aromatic N) is 1. The van der Waals surface area contributed by atoms with Crippen LogP contribution < -0.4 is 10.6 Å². The Labute approximate surface area is 159 Å². The van der Waals surface area contributed by atoms with Gasteiger partial charge in [0.05, 0.1) is 12.2 Å². The van der Waals surface area contributed by atoms with Crippen molar-refractivity contribution in [2.45, 2.75) is 70.5 Å². The standard InChI is InChI=1S/C20H39N3O3/c1-3-25-19(17-7-4-5-8-17)9-13-23-20(21-2)22-12-6-14-26-18-10-15-24-16-11-18/h17-19H,3-16H2,1-2H3,(H2,21,22,23). The third kappa shape index (κ3) is 8.23. The second-order valence-electron chi connectivity index (χ2n) is 7.29. The highest BCUT2D eigenvalue weighted by Gasteiger charge is 2.25. The van der Waals surface area contributed by atoms with Gasteiger partial charge in [-0.15, -0.1) is 0 Å². The quantitative estimate of drug-likeness (QED) is 0.333. The summed E-state index contributed by atoms with van der Waals surface area (Å²) < 4.78 is 17.2. The fourth-order valence-corrected chi connectivity index (χ4v) is 3.92. The maximum absolute atomic E-state index is 5.99. The van der Waals surface area contributed by atoms with Crippen LogP contribution in [0.2, 0.25) is 0 Å². The lowest BCUT2D eigenvalue weighted by Gasteiger charge is -2.24. The van der Waals surface area contributed by atoms with Gasteiger partial charge in [0.1, 0.15) is 0 Å². The second kappa shape index (κ2) is 13.3. The van der Waals surface area contributed by atoms with Crippen LogP contribution in [0.5, 0.6) is 0 Å². The minimum Gasteiger partial charge on any atom is -0.381 e. The summed E-state index contributed by atoms with van der Waals surface area (Å²) in [5, 5.41) is 6.80. The number of aliphatic imine (C=N–C) groups is 1. The zero-order chi connectivity index (χ0) is 18.5. The molecule has 0 bridgehead atoms. The minimum atomic E-state index is 0.382. The van der Waals surface area contributed by atoms with E-state index in [0.29, 0.717) is 12.2 Å². The van der Waals surface area contributed by atoms with E-state index in [2.05, 4.69) is 22.5 Å². The van der Waals surface area contributed by atoms with Crippen molar-refractivity contribution < 1.29 is 14.2 Å². The zero-order valence-corrected chi connectivity index (χ0v) is 16.8. The van der Waals surface area contributed by atoms with E-state index in [1.807, 2.05) is 7.05 Å². The van der Waals surface area contributed by atoms with Crippen molar-refractivity contribution in [1.29, 1.82) is 0 Å². The third-order valence-corrected chi connectivity index (χ3v) is 5.39. The molecule has 1 aliphatic carbocycles. The number of ether oxygens (including phenoxy) is 3. The van der Waals surface area contributed by atoms with E-state index >= 15 is 0 Å². The molecule has 0 radical (unpaired) electrons. The molecular formula is C20H39N3O3. The van der Waals surface area contributed by atoms with Gasteiger partial charge >= 0.3 is 0 Å². The lowest BCUT2D eigenvalue weighted by atomic mass is 9.98. The van der Waals surface area contributed by atoms with Gasteiger partial charge in [-0.25, -0.2) is 0 Å². The largest absolute Gasteiger partial charge is 0.381 e. The molecule has 2 fully saturated rings. The average molecular weight is 370 g/mol. The van der Waals surface area contributed by atoms with E-state index in [9.17, 15) is 0 Å². The van der Waals surface area contributed by atoms with E-state index in [-0.39, 0.29) is 0 Å². The van der Waals surface area contributed by atoms with Gasteiger partial charge in [-0.1, -0.05) is 12.8 Å². The first-order valence-electron chi connectivity index (χ1n) is 10.6. The molecule has 2 N–H and O–H groups in total. The molecule has 1 unspecified atom stereocenters. The molecule has 0 spiro atoms. The first-order valence-corrected chi connectivity index (χ1v) is 10.6. The molecule has 152 valence electrons. The summed E-state index contributed by atoms with van der Waals surface area (Å²) in [7, 11) is 1.82. The molecule has 0 aromatic carbocycles. The summed E-state index contributed by atoms with van der Waals surface area (Å²) >= 11 is 0. The first kappa shape index (κ1) is 21.5. The molecule has 1 saturated heterocycles. The van der Waals surface area contributed by atoms with E-state index in [0.717, 1.165) is 77.1 Å². The minimum absolute atomic E-state index is 0.382. The molecule has 1 saturated carbocycles. The van der Waals surface area contributed by atoms with Gasteiger partial charge < -0.3 is 24.8 Å². The fraction of sp³-hybridized carbons (Fsp3) is 0.950. The predicted octanol–water partition coefficient (Wildman–Crippen LogP) is 2.72. The van der Waals surface area contributed by atoms with Gasteiger partial charge in [-0.3, -0.25) is 4.99 Å². The predicted molar refractivity (Wildman–Crippen MR) is 106 cm³/mol. The Morgan fingerprint density at radius 3 is 2.54 bits per heavy atom. The summed E-state index contributed by atoms with van der Waals surface area (Å²) in [6.45, 7) is 7.15. The van der Waals surface area contributed by atoms with Crippen LogP contribution in [-0.4, -0.2) is 64.7 Å². The van der Waals surface area contributed by atoms with Gasteiger partial charge in [0.15, 0.2) is 5.96 Å². The number of hydrogen-bond donors (Lipinski definition) is 2. The number of nitrogens with one attached hydrogen (secondary N) is 2. The maximum Gasteiger partial charge on any atom is 0.190 e. The monoisotopic (exact) mass is 369 g/mol. The summed E-state index contributed by atoms with van der Waals surface area (Å²) in [5.41, 5.74) is 0. The maximum atomic E-state index is 5.99. The number of rotatable bonds is 11. The number of hydrogen-bond acceptors (Lipinski definition) is 4. The van der Waals surface area contributed by atoms with Crippen LogP contribution in [0, 0.1) is 5.92 Å². The lowest BCUT2D eigenvalue weighted by Crippen LogP contribution is -2.40. The Morgan fingerprint density at radius 2 is 1.85 bits per heavy atom. The highest BCUT2D eigenvalue weighted by Crippen LogP contribution is 2.30. The first-order chi connectivity index (χ1) is 12.8. The van der Waals surface area contributed by atoms with Crippen LogP contribution in [0.25, 0.3) is 0 Å². The van der Waals surface area contributed by atoms with Crippen molar-refractivity contribution in [3.63, 3.8) is 0 Å². The van der Waals surface area contributed by atoms with Gasteiger partial charge in [0.2, 0.25) is 0 Å². The van der Waals surface area contributed by atoms with Crippen molar-refractivity contribution in [2.24, 2.45) is 10.9 Å². The topological polar surface area (TPSA) is 64.1 Å². The number of guanidine groups is 1. The Bertz CT molecular complexity index is 380. The summed E-state index contributed by atoms with van der Waals surface area (Å²) in [6, 6.07) is 0. The fourth-order valence-electron chi connectivity index (χ4n) is 3.92. The molecule has 2 aliphatic rings. The molecule has 1 aliphatic heterocycles. The van der Waals surface area contributed by atoms with Gasteiger partial charge in [0.25, 0.3) is 0 Å². The van der Waals surface area contributed by atoms with Crippen molar-refractivity contribution in [1.82, 2.24) is 10.6 Å². The van der Waals surface area contributed by atoms with Crippen LogP contribution in [0.1, 0.15) is 58.3 Å². The summed E-state index contributed by atoms with van der Waals surface area (Å²) in [4.78, 5) is 4.31. The summed E-state index contributed by atoms with van der Waals surface area (Å²) in [6.07, 6.45) is 10.2. The highest BCUT2D eigenvalue weighted by atomic mass is 16.5. The van der Waals surface area contributed by atoms with Crippen molar-refractivity contribution in [3.8, 4) is 0 Å². The normalized spacial score (nSPS) is 21.1. The second-order valence-corrected chi connectivity index (χ2v) is 7.29. The molecule has 0 amide bonds. The van der Waals surface area contributed by atoms with Crippen molar-refractivity contribution in [3.05, 3.63) is 0 Å². The zero-order valence-electron chi connectivity index (χ0n) is 16.8. The molecule has 6 heteroatoms. The Kier molecular flexibility index (Phi) is 11.0. The van der Waals surface area contributed by atoms with E-state index in [1.165, 1.54) is 25.7 Å². The molecule has 0 aromatic heterocycles. The average Bonchev–Trinajstić information content (AvgIpc) is 3.21. The van der Waals surface area contributed by atoms with E-state index < -0.39 is 0 Å². The Hall–Kier alpha value is -0.850. The van der Waals surface area contributed by atoms with Crippen LogP contribution in [-0.2, 0) is 14.2 Å². The lowest BCUT2D eigenvalue weighted by molar-refractivity contribution is -0.0320. The van der Waals surface area contributed by atoms with Gasteiger partial charge in [-0.05, 0) is 51.4 Å². The molecule has 1 heterocycles. The van der Waals surface area contributed by atoms with Crippen LogP contribution >= 0.6 is 0 Å². The molecule has 1 atom stereocenters. The highest BCUT2D eigenvalue weighted by molar-refractivity contribution is 5.79. The van der Waals surface area contributed by atoms with E-state index in [4.69, 9.17) is 14.2 Å². The van der Waals surface area contributed by atoms with Crippen LogP contribution in [0.3, 0.4) is 0 Å². The smallest absolute Gasteiger partial charge is 0.190 e. The van der Waals surface area contributed by atoms with Crippen LogP contribution in [0.4, 0.5) is 0 Å². The van der Waals surface area contributed by atoms with Crippen molar-refractivity contribution >= 4 is 5.96 Å². The molecule has 6 nitrogen and oxygen atoms in total. The van der Waals surface area contributed by atoms with Gasteiger partial charge in [-0.2, -0.15) is 0 Å². The molecular weight excluding hydrogens is 330 g/mol. The molecule has 0 aromatic rings. The van der Waals surface area contributed by atoms with Crippen LogP contribution in [0.15, 0.2) is 4.99 Å². The van der Waals surface area contributed by atoms with E-state index in [1.54, 1.807) is 0 Å². The van der Waals surface area contributed by atoms with Crippen molar-refractivity contribution in [2.75, 3.05) is 46.6 Å². The third-order valence-electron chi connectivity index (χ3n) is 5.39. The SMILES string of the molecule is CCOC(CCNC(=NC)NCCCOC1CCOCC1)C1CCCC1. The Balaban J connectivity index is 1.53. The van der Waals surface area contributed by atoms with Gasteiger partial charge in [0, 0.05) is 46.6 Å². The molecule has 2 rings (SSSR count). The molecule has 26 heavy (non-hydrogen) atoms. The Morgan fingerprint density at radius 1 is 1.12 bits per heavy atom.